The molecule has 0 heterocycles. The summed E-state index contributed by atoms with van der Waals surface area (Å²) in [6, 6.07) is 0. The normalized spacial score (nSPS) is 13.8. The third-order valence-corrected chi connectivity index (χ3v) is 21.0. The fraction of sp³-hybridized carbons (Fsp3) is 0.951. The largest absolute Gasteiger partial charge is 0.472 e. The first kappa shape index (κ1) is 98.1. The molecule has 0 fully saturated rings. The molecule has 0 aliphatic heterocycles. The zero-order valence-electron chi connectivity index (χ0n) is 65.2. The van der Waals surface area contributed by atoms with Gasteiger partial charge in [-0.15, -0.1) is 0 Å². The summed E-state index contributed by atoms with van der Waals surface area (Å²) in [5, 5.41) is 10.6. The molecule has 0 aliphatic rings. The van der Waals surface area contributed by atoms with Crippen molar-refractivity contribution < 1.29 is 80.2 Å². The zero-order chi connectivity index (χ0) is 73.2. The molecule has 100 heavy (non-hydrogen) atoms. The number of phosphoric acid groups is 2. The van der Waals surface area contributed by atoms with Gasteiger partial charge in [0, 0.05) is 25.7 Å². The number of aliphatic hydroxyl groups excluding tert-OH is 1. The van der Waals surface area contributed by atoms with Crippen LogP contribution in [0, 0.1) is 0 Å². The molecule has 19 heteroatoms. The van der Waals surface area contributed by atoms with Gasteiger partial charge in [0.15, 0.2) is 12.2 Å². The van der Waals surface area contributed by atoms with E-state index in [1.54, 1.807) is 0 Å². The third-order valence-electron chi connectivity index (χ3n) is 19.1. The van der Waals surface area contributed by atoms with Crippen LogP contribution in [0.3, 0.4) is 0 Å². The molecule has 17 nitrogen and oxygen atoms in total. The first-order chi connectivity index (χ1) is 48.7. The van der Waals surface area contributed by atoms with Crippen LogP contribution in [-0.2, 0) is 65.4 Å². The maximum Gasteiger partial charge on any atom is 0.472 e. The molecule has 0 radical (unpaired) electrons. The monoisotopic (exact) mass is 1470 g/mol. The summed E-state index contributed by atoms with van der Waals surface area (Å²) in [5.41, 5.74) is 0. The first-order valence-electron chi connectivity index (χ1n) is 42.3. The van der Waals surface area contributed by atoms with Gasteiger partial charge in [-0.25, -0.2) is 9.13 Å². The lowest BCUT2D eigenvalue weighted by molar-refractivity contribution is -0.161. The average molecular weight is 1470 g/mol. The SMILES string of the molecule is CCCCCCCCCCCCCCCCCCCCCCCC(=O)O[C@H](COC(=O)CCCCCCCCCCCCCCCCCCCCC)COP(=O)(O)OC[C@@H](O)COP(=O)(O)OC[C@@H](COC(=O)CCCCCCCCCC)OC(=O)CCCCCCCCCCCCCC. The Hall–Kier alpha value is -1.94. The number of carbonyl (C=O) groups is 4. The van der Waals surface area contributed by atoms with E-state index in [1.807, 2.05) is 0 Å². The molecule has 3 N–H and O–H groups in total. The van der Waals surface area contributed by atoms with Crippen LogP contribution in [0.1, 0.15) is 439 Å². The smallest absolute Gasteiger partial charge is 0.462 e. The quantitative estimate of drug-likeness (QED) is 0.0222. The van der Waals surface area contributed by atoms with Gasteiger partial charge in [0.05, 0.1) is 26.4 Å². The molecule has 0 rings (SSSR count). The number of hydrogen-bond acceptors (Lipinski definition) is 15. The second-order valence-electron chi connectivity index (χ2n) is 29.2. The van der Waals surface area contributed by atoms with Gasteiger partial charge >= 0.3 is 39.5 Å². The highest BCUT2D eigenvalue weighted by Crippen LogP contribution is 2.45. The topological polar surface area (TPSA) is 237 Å². The predicted octanol–water partition coefficient (Wildman–Crippen LogP) is 24.6. The third kappa shape index (κ3) is 74.3. The van der Waals surface area contributed by atoms with Crippen LogP contribution in [0.5, 0.6) is 0 Å². The molecule has 0 aromatic heterocycles. The van der Waals surface area contributed by atoms with Crippen molar-refractivity contribution in [3.05, 3.63) is 0 Å². The number of carbonyl (C=O) groups excluding carboxylic acids is 4. The van der Waals surface area contributed by atoms with E-state index in [-0.39, 0.29) is 25.7 Å². The Kier molecular flexibility index (Phi) is 73.8. The predicted molar refractivity (Wildman–Crippen MR) is 409 cm³/mol. The summed E-state index contributed by atoms with van der Waals surface area (Å²) in [6.07, 6.45) is 68.2. The van der Waals surface area contributed by atoms with Crippen LogP contribution in [0.25, 0.3) is 0 Å². The van der Waals surface area contributed by atoms with Crippen LogP contribution in [0.4, 0.5) is 0 Å². The summed E-state index contributed by atoms with van der Waals surface area (Å²) < 4.78 is 68.6. The van der Waals surface area contributed by atoms with E-state index in [1.165, 1.54) is 270 Å². The van der Waals surface area contributed by atoms with E-state index in [0.29, 0.717) is 25.7 Å². The van der Waals surface area contributed by atoms with Crippen molar-refractivity contribution in [3.8, 4) is 0 Å². The van der Waals surface area contributed by atoms with Crippen molar-refractivity contribution in [3.63, 3.8) is 0 Å². The second-order valence-corrected chi connectivity index (χ2v) is 32.1. The minimum Gasteiger partial charge on any atom is -0.462 e. The standard InChI is InChI=1S/C81H158O17P2/c1-5-9-13-17-21-25-28-31-33-35-37-38-40-42-44-46-49-52-56-60-64-68-81(86)98-77(72-92-79(84)66-62-58-54-50-48-45-43-41-39-36-34-32-29-26-22-18-14-10-6-2)74-96-100(89,90)94-70-75(82)69-93-99(87,88)95-73-76(71-91-78(83)65-61-57-53-24-20-16-12-8-4)97-80(85)67-63-59-55-51-47-30-27-23-19-15-11-7-3/h75-77,82H,5-74H2,1-4H3,(H,87,88)(H,89,90)/t75-,76+,77+/m0/s1. The van der Waals surface area contributed by atoms with Crippen LogP contribution in [-0.4, -0.2) is 96.7 Å². The van der Waals surface area contributed by atoms with Gasteiger partial charge in [-0.1, -0.05) is 387 Å². The highest BCUT2D eigenvalue weighted by Gasteiger charge is 2.30. The molecule has 0 aromatic rings. The number of hydrogen-bond donors (Lipinski definition) is 3. The molecule has 0 amide bonds. The second kappa shape index (κ2) is 75.3. The molecule has 2 unspecified atom stereocenters. The maximum absolute atomic E-state index is 13.1. The number of rotatable bonds is 82. The summed E-state index contributed by atoms with van der Waals surface area (Å²) in [5.74, 6) is -2.11. The molecule has 0 saturated carbocycles. The minimum absolute atomic E-state index is 0.108. The number of ether oxygens (including phenoxy) is 4. The van der Waals surface area contributed by atoms with Crippen molar-refractivity contribution in [1.82, 2.24) is 0 Å². The minimum atomic E-state index is -4.96. The van der Waals surface area contributed by atoms with Gasteiger partial charge in [-0.2, -0.15) is 0 Å². The molecule has 5 atom stereocenters. The van der Waals surface area contributed by atoms with Crippen LogP contribution in [0.2, 0.25) is 0 Å². The highest BCUT2D eigenvalue weighted by atomic mass is 31.2. The Morgan fingerprint density at radius 3 is 0.590 bits per heavy atom. The van der Waals surface area contributed by atoms with Crippen molar-refractivity contribution in [2.45, 2.75) is 457 Å². The Labute approximate surface area is 613 Å². The van der Waals surface area contributed by atoms with Crippen molar-refractivity contribution in [2.75, 3.05) is 39.6 Å². The van der Waals surface area contributed by atoms with E-state index in [2.05, 4.69) is 27.7 Å². The van der Waals surface area contributed by atoms with E-state index in [4.69, 9.17) is 37.0 Å². The Balaban J connectivity index is 5.17. The first-order valence-corrected chi connectivity index (χ1v) is 45.3. The summed E-state index contributed by atoms with van der Waals surface area (Å²) in [7, 11) is -9.91. The van der Waals surface area contributed by atoms with E-state index >= 15 is 0 Å². The highest BCUT2D eigenvalue weighted by molar-refractivity contribution is 7.47. The van der Waals surface area contributed by atoms with Crippen LogP contribution >= 0.6 is 15.6 Å². The molecule has 0 bridgehead atoms. The Morgan fingerprint density at radius 2 is 0.400 bits per heavy atom. The molecule has 0 aromatic carbocycles. The lowest BCUT2D eigenvalue weighted by Gasteiger charge is -2.21. The van der Waals surface area contributed by atoms with E-state index in [0.717, 1.165) is 89.9 Å². The summed E-state index contributed by atoms with van der Waals surface area (Å²) in [6.45, 7) is 4.99. The van der Waals surface area contributed by atoms with Crippen molar-refractivity contribution in [1.29, 1.82) is 0 Å². The molecule has 0 saturated heterocycles. The van der Waals surface area contributed by atoms with Crippen molar-refractivity contribution >= 4 is 39.5 Å². The Morgan fingerprint density at radius 1 is 0.240 bits per heavy atom. The lowest BCUT2D eigenvalue weighted by atomic mass is 10.0. The van der Waals surface area contributed by atoms with E-state index in [9.17, 15) is 43.2 Å². The van der Waals surface area contributed by atoms with Crippen LogP contribution < -0.4 is 0 Å². The number of unbranched alkanes of at least 4 members (excludes halogenated alkanes) is 56. The zero-order valence-corrected chi connectivity index (χ0v) is 67.0. The van der Waals surface area contributed by atoms with Gasteiger partial charge in [-0.05, 0) is 25.7 Å². The van der Waals surface area contributed by atoms with Crippen LogP contribution in [0.15, 0.2) is 0 Å². The van der Waals surface area contributed by atoms with Gasteiger partial charge in [0.25, 0.3) is 0 Å². The molecule has 594 valence electrons. The lowest BCUT2D eigenvalue weighted by Crippen LogP contribution is -2.30. The van der Waals surface area contributed by atoms with Gasteiger partial charge in [0.2, 0.25) is 0 Å². The molecule has 0 aliphatic carbocycles. The molecular weight excluding hydrogens is 1310 g/mol. The molecular formula is C81H158O17P2. The van der Waals surface area contributed by atoms with Gasteiger partial charge in [-0.3, -0.25) is 37.3 Å². The number of phosphoric ester groups is 2. The number of esters is 4. The van der Waals surface area contributed by atoms with Gasteiger partial charge < -0.3 is 33.8 Å². The average Bonchev–Trinajstić information content (AvgIpc) is 0.931. The fourth-order valence-corrected chi connectivity index (χ4v) is 14.2. The fourth-order valence-electron chi connectivity index (χ4n) is 12.6. The maximum atomic E-state index is 13.1. The van der Waals surface area contributed by atoms with Gasteiger partial charge in [0.1, 0.15) is 19.3 Å². The van der Waals surface area contributed by atoms with Crippen molar-refractivity contribution in [2.24, 2.45) is 0 Å². The summed E-state index contributed by atoms with van der Waals surface area (Å²) in [4.78, 5) is 72.9. The van der Waals surface area contributed by atoms with E-state index < -0.39 is 97.5 Å². The summed E-state index contributed by atoms with van der Waals surface area (Å²) >= 11 is 0. The number of aliphatic hydroxyl groups is 1. The molecule has 0 spiro atoms. The Bertz CT molecular complexity index is 1890.